The number of hydrogen-bond donors (Lipinski definition) is 0. The number of thioether (sulfide) groups is 1. The van der Waals surface area contributed by atoms with E-state index in [1.54, 1.807) is 28.0 Å². The summed E-state index contributed by atoms with van der Waals surface area (Å²) in [7, 11) is 1.35. The number of fused-ring (bicyclic) bond motifs is 3. The highest BCUT2D eigenvalue weighted by Gasteiger charge is 2.24. The number of hydrogen-bond acceptors (Lipinski definition) is 7. The number of carbonyl (C=O) groups excluding carboxylic acids is 2. The summed E-state index contributed by atoms with van der Waals surface area (Å²) in [4.78, 5) is 46.3. The summed E-state index contributed by atoms with van der Waals surface area (Å²) >= 11 is 2.91. The Balaban J connectivity index is 1.33. The molecule has 0 N–H and O–H groups in total. The molecule has 7 nitrogen and oxygen atoms in total. The predicted molar refractivity (Wildman–Crippen MR) is 163 cm³/mol. The highest BCUT2D eigenvalue weighted by atomic mass is 32.2. The lowest BCUT2D eigenvalue weighted by Crippen LogP contribution is -2.22. The fourth-order valence-corrected chi connectivity index (χ4v) is 7.80. The maximum Gasteiger partial charge on any atom is 0.337 e. The zero-order chi connectivity index (χ0) is 28.7. The van der Waals surface area contributed by atoms with Gasteiger partial charge in [0.05, 0.1) is 29.5 Å². The first-order valence-corrected chi connectivity index (χ1v) is 15.3. The molecule has 0 atom stereocenters. The van der Waals surface area contributed by atoms with Gasteiger partial charge in [-0.3, -0.25) is 14.2 Å². The minimum absolute atomic E-state index is 0.0417. The summed E-state index contributed by atoms with van der Waals surface area (Å²) in [5, 5.41) is 1.25. The number of aryl methyl sites for hydroxylation is 3. The van der Waals surface area contributed by atoms with Gasteiger partial charge in [-0.15, -0.1) is 11.3 Å². The molecule has 5 aromatic rings. The molecule has 6 rings (SSSR count). The molecule has 41 heavy (non-hydrogen) atoms. The van der Waals surface area contributed by atoms with E-state index in [9.17, 15) is 14.4 Å². The van der Waals surface area contributed by atoms with E-state index in [0.29, 0.717) is 16.3 Å². The van der Waals surface area contributed by atoms with Crippen molar-refractivity contribution in [3.63, 3.8) is 0 Å². The summed E-state index contributed by atoms with van der Waals surface area (Å²) < 4.78 is 8.46. The van der Waals surface area contributed by atoms with Gasteiger partial charge in [0, 0.05) is 27.5 Å². The zero-order valence-electron chi connectivity index (χ0n) is 23.1. The fourth-order valence-electron chi connectivity index (χ4n) is 5.60. The molecule has 0 unspecified atom stereocenters. The van der Waals surface area contributed by atoms with Crippen LogP contribution in [0.15, 0.2) is 70.6 Å². The van der Waals surface area contributed by atoms with Gasteiger partial charge < -0.3 is 9.30 Å². The molecule has 0 saturated carbocycles. The van der Waals surface area contributed by atoms with Crippen molar-refractivity contribution in [1.29, 1.82) is 0 Å². The highest BCUT2D eigenvalue weighted by molar-refractivity contribution is 7.99. The first-order chi connectivity index (χ1) is 19.9. The van der Waals surface area contributed by atoms with E-state index < -0.39 is 5.97 Å². The van der Waals surface area contributed by atoms with Crippen molar-refractivity contribution < 1.29 is 14.3 Å². The number of nitrogens with zero attached hydrogens (tertiary/aromatic N) is 3. The number of para-hydroxylation sites is 1. The van der Waals surface area contributed by atoms with Crippen LogP contribution in [-0.4, -0.2) is 38.7 Å². The third-order valence-electron chi connectivity index (χ3n) is 7.58. The predicted octanol–water partition coefficient (Wildman–Crippen LogP) is 6.50. The van der Waals surface area contributed by atoms with E-state index in [-0.39, 0.29) is 17.1 Å². The van der Waals surface area contributed by atoms with Crippen LogP contribution in [0.3, 0.4) is 0 Å². The Morgan fingerprint density at radius 3 is 2.41 bits per heavy atom. The van der Waals surface area contributed by atoms with Crippen LogP contribution in [0.25, 0.3) is 21.6 Å². The van der Waals surface area contributed by atoms with Gasteiger partial charge in [-0.25, -0.2) is 9.78 Å². The number of Topliss-reactive ketones (excluding diaryl/α,β-unsaturated/α-hetero) is 1. The monoisotopic (exact) mass is 583 g/mol. The summed E-state index contributed by atoms with van der Waals surface area (Å²) in [6.45, 7) is 3.87. The maximum absolute atomic E-state index is 13.9. The normalized spacial score (nSPS) is 12.9. The van der Waals surface area contributed by atoms with Crippen molar-refractivity contribution in [1.82, 2.24) is 14.1 Å². The van der Waals surface area contributed by atoms with Gasteiger partial charge in [0.25, 0.3) is 5.56 Å². The first-order valence-electron chi connectivity index (χ1n) is 13.5. The highest BCUT2D eigenvalue weighted by Crippen LogP contribution is 2.35. The lowest BCUT2D eigenvalue weighted by molar-refractivity contribution is 0.0600. The van der Waals surface area contributed by atoms with E-state index >= 15 is 0 Å². The molecule has 9 heteroatoms. The Hall–Kier alpha value is -3.95. The van der Waals surface area contributed by atoms with Gasteiger partial charge in [-0.2, -0.15) is 0 Å². The first kappa shape index (κ1) is 27.2. The minimum atomic E-state index is -0.395. The lowest BCUT2D eigenvalue weighted by atomic mass is 9.97. The van der Waals surface area contributed by atoms with Gasteiger partial charge in [0.1, 0.15) is 4.83 Å². The molecule has 0 spiro atoms. The quantitative estimate of drug-likeness (QED) is 0.0942. The van der Waals surface area contributed by atoms with Crippen molar-refractivity contribution in [2.75, 3.05) is 12.9 Å². The number of ether oxygens (including phenoxy) is 1. The van der Waals surface area contributed by atoms with Crippen LogP contribution in [-0.2, 0) is 17.6 Å². The molecular formula is C32H29N3O4S2. The molecule has 208 valence electrons. The molecule has 0 aliphatic heterocycles. The topological polar surface area (TPSA) is 83.2 Å². The Labute approximate surface area is 245 Å². The van der Waals surface area contributed by atoms with Gasteiger partial charge in [-0.1, -0.05) is 30.0 Å². The van der Waals surface area contributed by atoms with Crippen molar-refractivity contribution in [2.45, 2.75) is 44.7 Å². The van der Waals surface area contributed by atoms with Crippen molar-refractivity contribution in [3.05, 3.63) is 104 Å². The molecular weight excluding hydrogens is 555 g/mol. The summed E-state index contributed by atoms with van der Waals surface area (Å²) in [5.41, 5.74) is 5.49. The Morgan fingerprint density at radius 2 is 1.68 bits per heavy atom. The third kappa shape index (κ3) is 4.93. The number of thiophene rings is 1. The average molecular weight is 584 g/mol. The zero-order valence-corrected chi connectivity index (χ0v) is 24.7. The Kier molecular flexibility index (Phi) is 7.40. The third-order valence-corrected chi connectivity index (χ3v) is 9.71. The average Bonchev–Trinajstić information content (AvgIpc) is 3.52. The molecule has 3 heterocycles. The molecule has 1 aliphatic carbocycles. The molecule has 0 fully saturated rings. The molecule has 3 aromatic heterocycles. The second kappa shape index (κ2) is 11.1. The standard InChI is InChI=1S/C32H29N3O4S2/c1-19-17-25(20(2)34(19)23-15-13-21(14-16-23)31(38)39-3)26(36)18-40-32-33-29-28(24-11-7-8-12-27(24)41-29)30(37)35(32)22-9-5-4-6-10-22/h4-6,9-10,13-17H,7-8,11-12,18H2,1-3H3. The number of carbonyl (C=O) groups is 2. The number of methoxy groups -OCH3 is 1. The van der Waals surface area contributed by atoms with Gasteiger partial charge >= 0.3 is 5.97 Å². The van der Waals surface area contributed by atoms with Crippen LogP contribution >= 0.6 is 23.1 Å². The molecule has 0 radical (unpaired) electrons. The van der Waals surface area contributed by atoms with Crippen LogP contribution in [0.1, 0.15) is 55.4 Å². The van der Waals surface area contributed by atoms with Gasteiger partial charge in [0.15, 0.2) is 10.9 Å². The Bertz CT molecular complexity index is 1850. The molecule has 1 aliphatic rings. The van der Waals surface area contributed by atoms with Crippen molar-refractivity contribution in [3.8, 4) is 11.4 Å². The van der Waals surface area contributed by atoms with Crippen LogP contribution < -0.4 is 5.56 Å². The molecule has 0 saturated heterocycles. The van der Waals surface area contributed by atoms with Crippen molar-refractivity contribution in [2.24, 2.45) is 0 Å². The van der Waals surface area contributed by atoms with Crippen LogP contribution in [0.2, 0.25) is 0 Å². The van der Waals surface area contributed by atoms with Gasteiger partial charge in [-0.05, 0) is 87.6 Å². The van der Waals surface area contributed by atoms with Crippen molar-refractivity contribution >= 4 is 45.1 Å². The van der Waals surface area contributed by atoms with E-state index in [2.05, 4.69) is 0 Å². The van der Waals surface area contributed by atoms with E-state index in [0.717, 1.165) is 64.2 Å². The van der Waals surface area contributed by atoms with Gasteiger partial charge in [0.2, 0.25) is 0 Å². The second-order valence-corrected chi connectivity index (χ2v) is 12.2. The number of ketones is 1. The SMILES string of the molecule is COC(=O)c1ccc(-n2c(C)cc(C(=O)CSc3nc4sc5c(c4c(=O)n3-c3ccccc3)CCCC5)c2C)cc1. The summed E-state index contributed by atoms with van der Waals surface area (Å²) in [6.07, 6.45) is 4.12. The number of rotatable bonds is 7. The largest absolute Gasteiger partial charge is 0.465 e. The van der Waals surface area contributed by atoms with Crippen LogP contribution in [0, 0.1) is 13.8 Å². The number of aromatic nitrogens is 3. The van der Waals surface area contributed by atoms with E-state index in [1.807, 2.05) is 66.9 Å². The Morgan fingerprint density at radius 1 is 0.976 bits per heavy atom. The lowest BCUT2D eigenvalue weighted by Gasteiger charge is -2.13. The number of esters is 1. The fraction of sp³-hybridized carbons (Fsp3) is 0.250. The molecule has 0 bridgehead atoms. The molecule has 0 amide bonds. The number of benzene rings is 2. The summed E-state index contributed by atoms with van der Waals surface area (Å²) in [6, 6.07) is 18.5. The van der Waals surface area contributed by atoms with Crippen LogP contribution in [0.5, 0.6) is 0 Å². The maximum atomic E-state index is 13.9. The van der Waals surface area contributed by atoms with E-state index in [4.69, 9.17) is 9.72 Å². The van der Waals surface area contributed by atoms with Crippen LogP contribution in [0.4, 0.5) is 0 Å². The smallest absolute Gasteiger partial charge is 0.337 e. The summed E-state index contributed by atoms with van der Waals surface area (Å²) in [5.74, 6) is -0.296. The van der Waals surface area contributed by atoms with E-state index in [1.165, 1.54) is 23.7 Å². The molecule has 2 aromatic carbocycles. The second-order valence-electron chi connectivity index (χ2n) is 10.1. The minimum Gasteiger partial charge on any atom is -0.465 e.